The molecule has 5 nitrogen and oxygen atoms in total. The highest BCUT2D eigenvalue weighted by Crippen LogP contribution is 2.34. The van der Waals surface area contributed by atoms with Gasteiger partial charge in [0, 0.05) is 29.5 Å². The molecule has 1 aliphatic heterocycles. The van der Waals surface area contributed by atoms with Crippen molar-refractivity contribution in [3.63, 3.8) is 0 Å². The van der Waals surface area contributed by atoms with Crippen LogP contribution >= 0.6 is 27.7 Å². The minimum atomic E-state index is -0.100. The number of rotatable bonds is 3. The smallest absolute Gasteiger partial charge is 0.270 e. The molecule has 0 aliphatic carbocycles. The molecule has 1 saturated heterocycles. The monoisotopic (exact) mass is 408 g/mol. The molecule has 2 N–H and O–H groups in total. The number of nitrogens with two attached hydrogens (primary N) is 1. The average Bonchev–Trinajstić information content (AvgIpc) is 2.57. The zero-order valence-corrected chi connectivity index (χ0v) is 16.2. The summed E-state index contributed by atoms with van der Waals surface area (Å²) in [6.07, 6.45) is 2.23. The summed E-state index contributed by atoms with van der Waals surface area (Å²) in [4.78, 5) is 20.9. The van der Waals surface area contributed by atoms with Crippen molar-refractivity contribution in [1.82, 2.24) is 9.55 Å². The number of piperidine rings is 1. The topological polar surface area (TPSA) is 64.2 Å². The predicted molar refractivity (Wildman–Crippen MR) is 103 cm³/mol. The molecule has 0 saturated carbocycles. The highest BCUT2D eigenvalue weighted by atomic mass is 79.9. The maximum atomic E-state index is 12.8. The molecule has 0 atom stereocenters. The first-order valence-electron chi connectivity index (χ1n) is 8.01. The van der Waals surface area contributed by atoms with E-state index in [2.05, 4.69) is 32.7 Å². The Balaban J connectivity index is 1.94. The molecule has 0 spiro atoms. The first kappa shape index (κ1) is 17.4. The van der Waals surface area contributed by atoms with Gasteiger partial charge in [-0.15, -0.1) is 0 Å². The fourth-order valence-corrected chi connectivity index (χ4v) is 4.25. The van der Waals surface area contributed by atoms with Gasteiger partial charge in [-0.25, -0.2) is 0 Å². The van der Waals surface area contributed by atoms with Gasteiger partial charge in [0.15, 0.2) is 0 Å². The van der Waals surface area contributed by atoms with Crippen LogP contribution in [-0.4, -0.2) is 22.6 Å². The molecule has 3 rings (SSSR count). The fraction of sp³-hybridized carbons (Fsp3) is 0.412. The summed E-state index contributed by atoms with van der Waals surface area (Å²) in [5.74, 6) is 1.69. The van der Waals surface area contributed by atoms with Crippen molar-refractivity contribution in [2.45, 2.75) is 29.6 Å². The fourth-order valence-electron chi connectivity index (χ4n) is 2.81. The van der Waals surface area contributed by atoms with Gasteiger partial charge in [0.25, 0.3) is 5.56 Å². The molecular weight excluding hydrogens is 388 g/mol. The summed E-state index contributed by atoms with van der Waals surface area (Å²) >= 11 is 4.86. The van der Waals surface area contributed by atoms with Crippen LogP contribution < -0.4 is 16.2 Å². The van der Waals surface area contributed by atoms with Gasteiger partial charge in [0.1, 0.15) is 10.7 Å². The van der Waals surface area contributed by atoms with Crippen LogP contribution in [-0.2, 0) is 7.05 Å². The number of nitrogen functional groups attached to an aromatic ring is 1. The summed E-state index contributed by atoms with van der Waals surface area (Å²) < 4.78 is 2.55. The molecule has 0 bridgehead atoms. The standard InChI is InChI=1S/C17H21BrN4OS/c1-11-7-9-22(10-8-11)17-20-15(19)14(16(23)21(17)2)24-13-6-4-3-5-12(13)18/h3-6,11H,7-10,19H2,1-2H3. The highest BCUT2D eigenvalue weighted by Gasteiger charge is 2.22. The number of halogens is 1. The van der Waals surface area contributed by atoms with E-state index < -0.39 is 0 Å². The lowest BCUT2D eigenvalue weighted by Gasteiger charge is -2.32. The zero-order chi connectivity index (χ0) is 17.3. The first-order chi connectivity index (χ1) is 11.5. The molecule has 128 valence electrons. The third-order valence-electron chi connectivity index (χ3n) is 4.37. The third kappa shape index (κ3) is 3.47. The lowest BCUT2D eigenvalue weighted by atomic mass is 10.00. The molecule has 0 radical (unpaired) electrons. The van der Waals surface area contributed by atoms with Crippen LogP contribution in [0.1, 0.15) is 19.8 Å². The van der Waals surface area contributed by atoms with Gasteiger partial charge >= 0.3 is 0 Å². The molecular formula is C17H21BrN4OS. The molecule has 2 heterocycles. The molecule has 1 fully saturated rings. The van der Waals surface area contributed by atoms with E-state index >= 15 is 0 Å². The molecule has 1 aromatic carbocycles. The molecule has 24 heavy (non-hydrogen) atoms. The van der Waals surface area contributed by atoms with Crippen molar-refractivity contribution >= 4 is 39.5 Å². The second kappa shape index (κ2) is 7.19. The Morgan fingerprint density at radius 3 is 2.62 bits per heavy atom. The summed E-state index contributed by atoms with van der Waals surface area (Å²) in [6, 6.07) is 7.77. The molecule has 0 amide bonds. The maximum absolute atomic E-state index is 12.8. The van der Waals surface area contributed by atoms with Crippen LogP contribution in [0, 0.1) is 5.92 Å². The third-order valence-corrected chi connectivity index (χ3v) is 6.48. The van der Waals surface area contributed by atoms with E-state index in [0.717, 1.165) is 41.2 Å². The van der Waals surface area contributed by atoms with Gasteiger partial charge in [0.2, 0.25) is 5.95 Å². The SMILES string of the molecule is CC1CCN(c2nc(N)c(Sc3ccccc3Br)c(=O)n2C)CC1. The van der Waals surface area contributed by atoms with E-state index in [-0.39, 0.29) is 5.56 Å². The van der Waals surface area contributed by atoms with Crippen LogP contribution in [0.25, 0.3) is 0 Å². The molecule has 0 unspecified atom stereocenters. The Hall–Kier alpha value is -1.47. The van der Waals surface area contributed by atoms with E-state index in [1.54, 1.807) is 11.6 Å². The summed E-state index contributed by atoms with van der Waals surface area (Å²) in [5.41, 5.74) is 6.04. The number of hydrogen-bond donors (Lipinski definition) is 1. The van der Waals surface area contributed by atoms with Gasteiger partial charge in [-0.05, 0) is 46.8 Å². The Morgan fingerprint density at radius 2 is 1.96 bits per heavy atom. The Kier molecular flexibility index (Phi) is 5.20. The van der Waals surface area contributed by atoms with Crippen LogP contribution in [0.2, 0.25) is 0 Å². The molecule has 7 heteroatoms. The van der Waals surface area contributed by atoms with E-state index in [0.29, 0.717) is 16.7 Å². The number of nitrogens with zero attached hydrogens (tertiary/aromatic N) is 3. The minimum absolute atomic E-state index is 0.100. The van der Waals surface area contributed by atoms with Crippen molar-refractivity contribution in [3.05, 3.63) is 39.1 Å². The predicted octanol–water partition coefficient (Wildman–Crippen LogP) is 3.51. The zero-order valence-electron chi connectivity index (χ0n) is 13.8. The Morgan fingerprint density at radius 1 is 1.29 bits per heavy atom. The van der Waals surface area contributed by atoms with Gasteiger partial charge < -0.3 is 10.6 Å². The van der Waals surface area contributed by atoms with Crippen molar-refractivity contribution < 1.29 is 0 Å². The molecule has 2 aromatic rings. The van der Waals surface area contributed by atoms with Gasteiger partial charge in [-0.1, -0.05) is 30.8 Å². The van der Waals surface area contributed by atoms with Crippen LogP contribution in [0.5, 0.6) is 0 Å². The van der Waals surface area contributed by atoms with Crippen LogP contribution in [0.3, 0.4) is 0 Å². The summed E-state index contributed by atoms with van der Waals surface area (Å²) in [6.45, 7) is 4.09. The second-order valence-corrected chi connectivity index (χ2v) is 8.10. The maximum Gasteiger partial charge on any atom is 0.270 e. The summed E-state index contributed by atoms with van der Waals surface area (Å²) in [7, 11) is 1.77. The van der Waals surface area contributed by atoms with E-state index in [4.69, 9.17) is 5.73 Å². The lowest BCUT2D eigenvalue weighted by molar-refractivity contribution is 0.430. The quantitative estimate of drug-likeness (QED) is 0.841. The number of hydrogen-bond acceptors (Lipinski definition) is 5. The first-order valence-corrected chi connectivity index (χ1v) is 9.62. The molecule has 1 aromatic heterocycles. The largest absolute Gasteiger partial charge is 0.382 e. The Bertz CT molecular complexity index is 800. The van der Waals surface area contributed by atoms with Crippen molar-refractivity contribution in [3.8, 4) is 0 Å². The number of benzene rings is 1. The van der Waals surface area contributed by atoms with Crippen molar-refractivity contribution in [2.24, 2.45) is 13.0 Å². The minimum Gasteiger partial charge on any atom is -0.382 e. The number of anilines is 2. The van der Waals surface area contributed by atoms with Crippen molar-refractivity contribution in [2.75, 3.05) is 23.7 Å². The normalized spacial score (nSPS) is 15.7. The van der Waals surface area contributed by atoms with Gasteiger partial charge in [0.05, 0.1) is 0 Å². The van der Waals surface area contributed by atoms with E-state index in [9.17, 15) is 4.79 Å². The van der Waals surface area contributed by atoms with Crippen molar-refractivity contribution in [1.29, 1.82) is 0 Å². The number of aromatic nitrogens is 2. The molecule has 1 aliphatic rings. The van der Waals surface area contributed by atoms with Gasteiger partial charge in [-0.3, -0.25) is 9.36 Å². The Labute approximate surface area is 154 Å². The van der Waals surface area contributed by atoms with E-state index in [1.807, 2.05) is 24.3 Å². The second-order valence-electron chi connectivity index (χ2n) is 6.19. The van der Waals surface area contributed by atoms with Crippen LogP contribution in [0.15, 0.2) is 43.3 Å². The average molecular weight is 409 g/mol. The highest BCUT2D eigenvalue weighted by molar-refractivity contribution is 9.10. The van der Waals surface area contributed by atoms with Gasteiger partial charge in [-0.2, -0.15) is 4.98 Å². The van der Waals surface area contributed by atoms with Crippen LogP contribution in [0.4, 0.5) is 11.8 Å². The lowest BCUT2D eigenvalue weighted by Crippen LogP contribution is -2.38. The van der Waals surface area contributed by atoms with E-state index in [1.165, 1.54) is 11.8 Å². The summed E-state index contributed by atoms with van der Waals surface area (Å²) in [5, 5.41) is 0.